The van der Waals surface area contributed by atoms with Crippen LogP contribution in [0.3, 0.4) is 0 Å². The number of aromatic carboxylic acids is 1. The molecule has 0 aliphatic heterocycles. The van der Waals surface area contributed by atoms with Gasteiger partial charge in [-0.05, 0) is 59.7 Å². The Morgan fingerprint density at radius 2 is 1.66 bits per heavy atom. The predicted octanol–water partition coefficient (Wildman–Crippen LogP) is 4.89. The summed E-state index contributed by atoms with van der Waals surface area (Å²) in [7, 11) is 1.62. The van der Waals surface area contributed by atoms with Crippen LogP contribution in [0.1, 0.15) is 20.7 Å². The van der Waals surface area contributed by atoms with Crippen molar-refractivity contribution in [2.24, 2.45) is 0 Å². The summed E-state index contributed by atoms with van der Waals surface area (Å²) in [5.74, 6) is -0.434. The topological polar surface area (TPSA) is 66.8 Å². The third kappa shape index (κ3) is 4.52. The van der Waals surface area contributed by atoms with E-state index in [1.165, 1.54) is 12.1 Å². The van der Waals surface area contributed by atoms with Crippen molar-refractivity contribution in [2.45, 2.75) is 0 Å². The third-order valence-electron chi connectivity index (χ3n) is 4.52. The summed E-state index contributed by atoms with van der Waals surface area (Å²) in [5.41, 5.74) is 3.19. The van der Waals surface area contributed by atoms with E-state index in [1.54, 1.807) is 36.3 Å². The molecule has 0 fully saturated rings. The Bertz CT molecular complexity index is 1020. The number of carbonyl (C=O) groups is 2. The molecule has 1 N–H and O–H groups in total. The third-order valence-corrected chi connectivity index (χ3v) is 4.52. The number of rotatable bonds is 7. The number of carbonyl (C=O) groups excluding carboxylic acids is 1. The largest absolute Gasteiger partial charge is 0.497 e. The summed E-state index contributed by atoms with van der Waals surface area (Å²) in [6, 6.07) is 21.2. The highest BCUT2D eigenvalue weighted by atomic mass is 16.5. The normalized spacial score (nSPS) is 10.2. The number of ether oxygens (including phenoxy) is 1. The second-order valence-corrected chi connectivity index (χ2v) is 6.37. The van der Waals surface area contributed by atoms with Crippen LogP contribution in [0.15, 0.2) is 85.5 Å². The first-order valence-corrected chi connectivity index (χ1v) is 9.04. The summed E-state index contributed by atoms with van der Waals surface area (Å²) in [6.45, 7) is 4.03. The van der Waals surface area contributed by atoms with Crippen LogP contribution >= 0.6 is 0 Å². The summed E-state index contributed by atoms with van der Waals surface area (Å²) >= 11 is 0. The number of nitrogens with zero attached hydrogens (tertiary/aromatic N) is 1. The molecule has 0 saturated carbocycles. The van der Waals surface area contributed by atoms with Crippen LogP contribution in [0, 0.1) is 0 Å². The van der Waals surface area contributed by atoms with Gasteiger partial charge in [-0.15, -0.1) is 6.58 Å². The quantitative estimate of drug-likeness (QED) is 0.586. The van der Waals surface area contributed by atoms with Crippen LogP contribution in [0.25, 0.3) is 11.1 Å². The molecule has 0 atom stereocenters. The second kappa shape index (κ2) is 8.89. The van der Waals surface area contributed by atoms with Gasteiger partial charge in [0, 0.05) is 17.8 Å². The molecule has 1 amide bonds. The Kier molecular flexibility index (Phi) is 6.09. The number of amides is 1. The summed E-state index contributed by atoms with van der Waals surface area (Å²) in [4.78, 5) is 25.8. The molecular weight excluding hydrogens is 366 g/mol. The number of carboxylic acids is 1. The van der Waals surface area contributed by atoms with Gasteiger partial charge in [-0.25, -0.2) is 4.79 Å². The number of hydrogen-bond acceptors (Lipinski definition) is 3. The van der Waals surface area contributed by atoms with Crippen molar-refractivity contribution in [1.29, 1.82) is 0 Å². The fourth-order valence-corrected chi connectivity index (χ4v) is 2.99. The van der Waals surface area contributed by atoms with Gasteiger partial charge in [0.25, 0.3) is 5.91 Å². The Morgan fingerprint density at radius 3 is 2.24 bits per heavy atom. The Hall–Kier alpha value is -3.86. The zero-order valence-corrected chi connectivity index (χ0v) is 16.0. The lowest BCUT2D eigenvalue weighted by molar-refractivity contribution is 0.0696. The van der Waals surface area contributed by atoms with Crippen molar-refractivity contribution in [3.05, 3.63) is 96.6 Å². The highest BCUT2D eigenvalue weighted by Gasteiger charge is 2.17. The molecular formula is C24H21NO4. The molecule has 0 aliphatic carbocycles. The minimum Gasteiger partial charge on any atom is -0.497 e. The molecule has 5 nitrogen and oxygen atoms in total. The molecule has 3 rings (SSSR count). The molecule has 0 heterocycles. The molecule has 29 heavy (non-hydrogen) atoms. The van der Waals surface area contributed by atoms with E-state index in [1.807, 2.05) is 42.5 Å². The Labute approximate surface area is 169 Å². The first kappa shape index (κ1) is 19.9. The van der Waals surface area contributed by atoms with Gasteiger partial charge in [0.05, 0.1) is 12.7 Å². The van der Waals surface area contributed by atoms with Crippen LogP contribution in [-0.4, -0.2) is 30.6 Å². The maximum absolute atomic E-state index is 13.2. The molecule has 3 aromatic rings. The lowest BCUT2D eigenvalue weighted by Crippen LogP contribution is -2.31. The molecule has 0 radical (unpaired) electrons. The molecule has 0 aromatic heterocycles. The molecule has 3 aromatic carbocycles. The number of carboxylic acid groups (broad SMARTS) is 1. The lowest BCUT2D eigenvalue weighted by atomic mass is 10.0. The van der Waals surface area contributed by atoms with Gasteiger partial charge >= 0.3 is 5.97 Å². The van der Waals surface area contributed by atoms with Crippen LogP contribution in [0.5, 0.6) is 5.75 Å². The molecule has 0 bridgehead atoms. The predicted molar refractivity (Wildman–Crippen MR) is 114 cm³/mol. The van der Waals surface area contributed by atoms with E-state index in [0.29, 0.717) is 17.8 Å². The van der Waals surface area contributed by atoms with Gasteiger partial charge in [0.15, 0.2) is 0 Å². The standard InChI is InChI=1S/C24H21NO4/c1-3-15-25(21-11-7-18(8-12-21)24(27)28)23(26)20-6-4-5-19(16-20)17-9-13-22(29-2)14-10-17/h3-14,16H,1,15H2,2H3,(H,27,28). The maximum Gasteiger partial charge on any atom is 0.335 e. The van der Waals surface area contributed by atoms with Gasteiger partial charge in [-0.2, -0.15) is 0 Å². The van der Waals surface area contributed by atoms with E-state index in [4.69, 9.17) is 9.84 Å². The van der Waals surface area contributed by atoms with E-state index in [-0.39, 0.29) is 11.5 Å². The molecule has 0 spiro atoms. The molecule has 0 aliphatic rings. The molecule has 5 heteroatoms. The summed E-state index contributed by atoms with van der Waals surface area (Å²) in [5, 5.41) is 9.07. The van der Waals surface area contributed by atoms with E-state index in [2.05, 4.69) is 6.58 Å². The number of methoxy groups -OCH3 is 1. The van der Waals surface area contributed by atoms with E-state index in [9.17, 15) is 9.59 Å². The average molecular weight is 387 g/mol. The fraction of sp³-hybridized carbons (Fsp3) is 0.0833. The zero-order chi connectivity index (χ0) is 20.8. The zero-order valence-electron chi connectivity index (χ0n) is 16.0. The van der Waals surface area contributed by atoms with Crippen LogP contribution in [0.2, 0.25) is 0 Å². The van der Waals surface area contributed by atoms with E-state index in [0.717, 1.165) is 16.9 Å². The van der Waals surface area contributed by atoms with Crippen molar-refractivity contribution >= 4 is 17.6 Å². The first-order valence-electron chi connectivity index (χ1n) is 9.04. The van der Waals surface area contributed by atoms with Gasteiger partial charge in [-0.1, -0.05) is 30.3 Å². The van der Waals surface area contributed by atoms with E-state index >= 15 is 0 Å². The van der Waals surface area contributed by atoms with Crippen molar-refractivity contribution < 1.29 is 19.4 Å². The Morgan fingerprint density at radius 1 is 0.966 bits per heavy atom. The van der Waals surface area contributed by atoms with Gasteiger partial charge < -0.3 is 14.7 Å². The van der Waals surface area contributed by atoms with Crippen molar-refractivity contribution in [3.63, 3.8) is 0 Å². The SMILES string of the molecule is C=CCN(C(=O)c1cccc(-c2ccc(OC)cc2)c1)c1ccc(C(=O)O)cc1. The maximum atomic E-state index is 13.2. The van der Waals surface area contributed by atoms with Crippen LogP contribution in [0.4, 0.5) is 5.69 Å². The molecule has 0 unspecified atom stereocenters. The highest BCUT2D eigenvalue weighted by Crippen LogP contribution is 2.25. The van der Waals surface area contributed by atoms with Crippen molar-refractivity contribution in [2.75, 3.05) is 18.6 Å². The second-order valence-electron chi connectivity index (χ2n) is 6.37. The van der Waals surface area contributed by atoms with Crippen LogP contribution in [-0.2, 0) is 0 Å². The van der Waals surface area contributed by atoms with Gasteiger partial charge in [0.1, 0.15) is 5.75 Å². The molecule has 0 saturated heterocycles. The van der Waals surface area contributed by atoms with Gasteiger partial charge in [0.2, 0.25) is 0 Å². The van der Waals surface area contributed by atoms with Crippen LogP contribution < -0.4 is 9.64 Å². The first-order chi connectivity index (χ1) is 14.0. The Balaban J connectivity index is 1.91. The minimum atomic E-state index is -1.01. The van der Waals surface area contributed by atoms with Gasteiger partial charge in [-0.3, -0.25) is 4.79 Å². The number of benzene rings is 3. The average Bonchev–Trinajstić information content (AvgIpc) is 2.77. The van der Waals surface area contributed by atoms with E-state index < -0.39 is 5.97 Å². The smallest absolute Gasteiger partial charge is 0.335 e. The van der Waals surface area contributed by atoms with Crippen molar-refractivity contribution in [3.8, 4) is 16.9 Å². The lowest BCUT2D eigenvalue weighted by Gasteiger charge is -2.22. The highest BCUT2D eigenvalue weighted by molar-refractivity contribution is 6.07. The fourth-order valence-electron chi connectivity index (χ4n) is 2.99. The number of anilines is 1. The molecule has 146 valence electrons. The number of hydrogen-bond donors (Lipinski definition) is 1. The minimum absolute atomic E-state index is 0.168. The monoisotopic (exact) mass is 387 g/mol. The summed E-state index contributed by atoms with van der Waals surface area (Å²) in [6.07, 6.45) is 1.64. The van der Waals surface area contributed by atoms with Crippen molar-refractivity contribution in [1.82, 2.24) is 0 Å². The summed E-state index contributed by atoms with van der Waals surface area (Å²) < 4.78 is 5.19.